The Morgan fingerprint density at radius 3 is 2.63 bits per heavy atom. The lowest BCUT2D eigenvalue weighted by molar-refractivity contribution is 0.194. The van der Waals surface area contributed by atoms with Crippen molar-refractivity contribution < 1.29 is 14.2 Å². The van der Waals surface area contributed by atoms with Gasteiger partial charge < -0.3 is 9.84 Å². The molecule has 2 aromatic carbocycles. The zero-order valence-corrected chi connectivity index (χ0v) is 12.2. The molecule has 0 spiro atoms. The summed E-state index contributed by atoms with van der Waals surface area (Å²) >= 11 is 3.40. The summed E-state index contributed by atoms with van der Waals surface area (Å²) in [6, 6.07) is 9.91. The third-order valence-corrected chi connectivity index (χ3v) is 3.69. The lowest BCUT2D eigenvalue weighted by Gasteiger charge is -2.14. The van der Waals surface area contributed by atoms with Crippen molar-refractivity contribution in [3.8, 4) is 11.5 Å². The van der Waals surface area contributed by atoms with Gasteiger partial charge in [0, 0.05) is 10.0 Å². The van der Waals surface area contributed by atoms with Gasteiger partial charge in [0.1, 0.15) is 5.75 Å². The minimum Gasteiger partial charge on any atom is -0.454 e. The van der Waals surface area contributed by atoms with Gasteiger partial charge in [0.05, 0.1) is 6.10 Å². The zero-order chi connectivity index (χ0) is 14.0. The Kier molecular flexibility index (Phi) is 4.22. The van der Waals surface area contributed by atoms with E-state index in [1.165, 1.54) is 6.07 Å². The van der Waals surface area contributed by atoms with E-state index in [1.54, 1.807) is 25.1 Å². The number of rotatable bonds is 3. The smallest absolute Gasteiger partial charge is 0.168 e. The SMILES string of the molecule is Cc1cc(Oc2c(F)cccc2C(C)O)ccc1Br. The highest BCUT2D eigenvalue weighted by molar-refractivity contribution is 9.10. The highest BCUT2D eigenvalue weighted by Crippen LogP contribution is 2.33. The average molecular weight is 325 g/mol. The first-order valence-corrected chi connectivity index (χ1v) is 6.69. The molecule has 1 atom stereocenters. The van der Waals surface area contributed by atoms with Crippen LogP contribution in [0.1, 0.15) is 24.2 Å². The van der Waals surface area contributed by atoms with Gasteiger partial charge in [-0.3, -0.25) is 0 Å². The molecular weight excluding hydrogens is 311 g/mol. The van der Waals surface area contributed by atoms with E-state index in [9.17, 15) is 9.50 Å². The lowest BCUT2D eigenvalue weighted by atomic mass is 10.1. The molecular formula is C15H14BrFO2. The molecule has 4 heteroatoms. The van der Waals surface area contributed by atoms with E-state index in [0.717, 1.165) is 10.0 Å². The van der Waals surface area contributed by atoms with Gasteiger partial charge in [0.2, 0.25) is 0 Å². The Labute approximate surface area is 120 Å². The number of aliphatic hydroxyl groups is 1. The van der Waals surface area contributed by atoms with E-state index >= 15 is 0 Å². The fourth-order valence-corrected chi connectivity index (χ4v) is 2.01. The van der Waals surface area contributed by atoms with E-state index in [2.05, 4.69) is 15.9 Å². The second-order valence-electron chi connectivity index (χ2n) is 4.35. The van der Waals surface area contributed by atoms with Crippen LogP contribution in [0.25, 0.3) is 0 Å². The quantitative estimate of drug-likeness (QED) is 0.883. The van der Waals surface area contributed by atoms with Crippen LogP contribution in [-0.4, -0.2) is 5.11 Å². The van der Waals surface area contributed by atoms with Gasteiger partial charge in [0.15, 0.2) is 11.6 Å². The molecule has 0 saturated carbocycles. The van der Waals surface area contributed by atoms with Crippen LogP contribution in [0.3, 0.4) is 0 Å². The molecule has 2 nitrogen and oxygen atoms in total. The van der Waals surface area contributed by atoms with Crippen LogP contribution in [0, 0.1) is 12.7 Å². The van der Waals surface area contributed by atoms with E-state index in [0.29, 0.717) is 11.3 Å². The molecule has 0 aliphatic rings. The van der Waals surface area contributed by atoms with Crippen molar-refractivity contribution >= 4 is 15.9 Å². The van der Waals surface area contributed by atoms with Gasteiger partial charge in [-0.1, -0.05) is 28.1 Å². The van der Waals surface area contributed by atoms with Gasteiger partial charge in [-0.15, -0.1) is 0 Å². The van der Waals surface area contributed by atoms with Gasteiger partial charge >= 0.3 is 0 Å². The predicted octanol–water partition coefficient (Wildman–Crippen LogP) is 4.74. The van der Waals surface area contributed by atoms with Crippen molar-refractivity contribution in [2.24, 2.45) is 0 Å². The standard InChI is InChI=1S/C15H14BrFO2/c1-9-8-11(6-7-13(9)16)19-15-12(10(2)18)4-3-5-14(15)17/h3-8,10,18H,1-2H3. The monoisotopic (exact) mass is 324 g/mol. The molecule has 0 aromatic heterocycles. The fourth-order valence-electron chi connectivity index (χ4n) is 1.76. The summed E-state index contributed by atoms with van der Waals surface area (Å²) in [6.07, 6.45) is -0.790. The third kappa shape index (κ3) is 3.14. The van der Waals surface area contributed by atoms with E-state index in [1.807, 2.05) is 19.1 Å². The maximum atomic E-state index is 13.8. The maximum absolute atomic E-state index is 13.8. The van der Waals surface area contributed by atoms with E-state index < -0.39 is 11.9 Å². The number of hydrogen-bond donors (Lipinski definition) is 1. The van der Waals surface area contributed by atoms with Gasteiger partial charge in [-0.2, -0.15) is 0 Å². The van der Waals surface area contributed by atoms with Crippen LogP contribution >= 0.6 is 15.9 Å². The second-order valence-corrected chi connectivity index (χ2v) is 5.20. The summed E-state index contributed by atoms with van der Waals surface area (Å²) < 4.78 is 20.4. The molecule has 100 valence electrons. The van der Waals surface area contributed by atoms with Crippen LogP contribution in [0.5, 0.6) is 11.5 Å². The molecule has 1 N–H and O–H groups in total. The lowest BCUT2D eigenvalue weighted by Crippen LogP contribution is -1.98. The van der Waals surface area contributed by atoms with Crippen molar-refractivity contribution in [2.75, 3.05) is 0 Å². The van der Waals surface area contributed by atoms with Crippen molar-refractivity contribution in [3.63, 3.8) is 0 Å². The Morgan fingerprint density at radius 2 is 2.00 bits per heavy atom. The summed E-state index contributed by atoms with van der Waals surface area (Å²) in [5.41, 5.74) is 1.42. The molecule has 19 heavy (non-hydrogen) atoms. The first-order chi connectivity index (χ1) is 8.99. The number of ether oxygens (including phenoxy) is 1. The molecule has 2 aromatic rings. The van der Waals surface area contributed by atoms with Crippen LogP contribution in [-0.2, 0) is 0 Å². The van der Waals surface area contributed by atoms with Crippen LogP contribution in [0.4, 0.5) is 4.39 Å². The van der Waals surface area contributed by atoms with Gasteiger partial charge in [0.25, 0.3) is 0 Å². The summed E-state index contributed by atoms with van der Waals surface area (Å²) in [5.74, 6) is 0.117. The molecule has 0 aliphatic carbocycles. The molecule has 2 rings (SSSR count). The first-order valence-electron chi connectivity index (χ1n) is 5.89. The van der Waals surface area contributed by atoms with Crippen LogP contribution in [0.15, 0.2) is 40.9 Å². The fraction of sp³-hybridized carbons (Fsp3) is 0.200. The molecule has 0 amide bonds. The maximum Gasteiger partial charge on any atom is 0.168 e. The first kappa shape index (κ1) is 14.0. The molecule has 0 fully saturated rings. The minimum absolute atomic E-state index is 0.0687. The Bertz CT molecular complexity index is 597. The molecule has 1 unspecified atom stereocenters. The largest absolute Gasteiger partial charge is 0.454 e. The summed E-state index contributed by atoms with van der Waals surface area (Å²) in [5, 5.41) is 9.65. The number of halogens is 2. The minimum atomic E-state index is -0.790. The summed E-state index contributed by atoms with van der Waals surface area (Å²) in [4.78, 5) is 0. The highest BCUT2D eigenvalue weighted by Gasteiger charge is 2.14. The Balaban J connectivity index is 2.40. The van der Waals surface area contributed by atoms with Crippen molar-refractivity contribution in [1.82, 2.24) is 0 Å². The molecule has 0 aliphatic heterocycles. The summed E-state index contributed by atoms with van der Waals surface area (Å²) in [6.45, 7) is 3.50. The predicted molar refractivity (Wildman–Crippen MR) is 76.0 cm³/mol. The molecule has 0 radical (unpaired) electrons. The summed E-state index contributed by atoms with van der Waals surface area (Å²) in [7, 11) is 0. The zero-order valence-electron chi connectivity index (χ0n) is 10.7. The van der Waals surface area contributed by atoms with Crippen LogP contribution < -0.4 is 4.74 Å². The van der Waals surface area contributed by atoms with Gasteiger partial charge in [-0.25, -0.2) is 4.39 Å². The van der Waals surface area contributed by atoms with Gasteiger partial charge in [-0.05, 0) is 43.7 Å². The van der Waals surface area contributed by atoms with Crippen molar-refractivity contribution in [3.05, 3.63) is 57.8 Å². The van der Waals surface area contributed by atoms with Crippen molar-refractivity contribution in [1.29, 1.82) is 0 Å². The topological polar surface area (TPSA) is 29.5 Å². The average Bonchev–Trinajstić information content (AvgIpc) is 2.36. The molecule has 0 saturated heterocycles. The Hall–Kier alpha value is -1.39. The third-order valence-electron chi connectivity index (χ3n) is 2.80. The number of hydrogen-bond acceptors (Lipinski definition) is 2. The molecule has 0 bridgehead atoms. The number of benzene rings is 2. The molecule has 0 heterocycles. The number of aryl methyl sites for hydroxylation is 1. The number of aliphatic hydroxyl groups excluding tert-OH is 1. The normalized spacial score (nSPS) is 12.3. The van der Waals surface area contributed by atoms with E-state index in [-0.39, 0.29) is 5.75 Å². The highest BCUT2D eigenvalue weighted by atomic mass is 79.9. The van der Waals surface area contributed by atoms with E-state index in [4.69, 9.17) is 4.74 Å². The van der Waals surface area contributed by atoms with Crippen LogP contribution in [0.2, 0.25) is 0 Å². The number of para-hydroxylation sites is 1. The van der Waals surface area contributed by atoms with Crippen molar-refractivity contribution in [2.45, 2.75) is 20.0 Å². The second kappa shape index (κ2) is 5.72. The Morgan fingerprint density at radius 1 is 1.26 bits per heavy atom.